The van der Waals surface area contributed by atoms with Gasteiger partial charge in [-0.1, -0.05) is 18.2 Å². The first-order valence-corrected chi connectivity index (χ1v) is 6.93. The van der Waals surface area contributed by atoms with Crippen LogP contribution in [0, 0.1) is 0 Å². The van der Waals surface area contributed by atoms with Gasteiger partial charge in [-0.15, -0.1) is 0 Å². The van der Waals surface area contributed by atoms with Crippen LogP contribution in [0.4, 0.5) is 0 Å². The largest absolute Gasteiger partial charge is 0.452 e. The molecule has 5 nitrogen and oxygen atoms in total. The van der Waals surface area contributed by atoms with Crippen molar-refractivity contribution in [1.29, 1.82) is 0 Å². The van der Waals surface area contributed by atoms with E-state index in [0.717, 1.165) is 0 Å². The molecule has 0 unspecified atom stereocenters. The Hall–Kier alpha value is -1.69. The molecule has 0 aromatic heterocycles. The number of carbonyl (C=O) groups is 1. The van der Waals surface area contributed by atoms with Crippen molar-refractivity contribution in [2.75, 3.05) is 6.61 Å². The zero-order chi connectivity index (χ0) is 15.0. The van der Waals surface area contributed by atoms with Gasteiger partial charge in [0.2, 0.25) is 0 Å². The molecule has 1 heterocycles. The van der Waals surface area contributed by atoms with Gasteiger partial charge in [-0.05, 0) is 37.6 Å². The Kier molecular flexibility index (Phi) is 3.57. The summed E-state index contributed by atoms with van der Waals surface area (Å²) in [5, 5.41) is 9.41. The number of hydrogen-bond donors (Lipinski definition) is 1. The van der Waals surface area contributed by atoms with E-state index in [-0.39, 0.29) is 12.7 Å². The van der Waals surface area contributed by atoms with E-state index in [1.807, 2.05) is 6.07 Å². The van der Waals surface area contributed by atoms with Crippen LogP contribution >= 0.6 is 0 Å². The normalized spacial score (nSPS) is 29.9. The molecule has 2 aliphatic rings. The first-order chi connectivity index (χ1) is 10.00. The summed E-state index contributed by atoms with van der Waals surface area (Å²) in [6, 6.07) is 8.79. The summed E-state index contributed by atoms with van der Waals surface area (Å²) in [7, 11) is 0. The third kappa shape index (κ3) is 2.72. The summed E-state index contributed by atoms with van der Waals surface area (Å²) in [6.45, 7) is 3.47. The van der Waals surface area contributed by atoms with Crippen molar-refractivity contribution in [3.8, 4) is 0 Å². The van der Waals surface area contributed by atoms with Crippen LogP contribution in [0.15, 0.2) is 42.0 Å². The minimum absolute atomic E-state index is 0.139. The third-order valence-corrected chi connectivity index (χ3v) is 3.63. The Balaban J connectivity index is 1.76. The average Bonchev–Trinajstić information content (AvgIpc) is 2.94. The lowest BCUT2D eigenvalue weighted by Crippen LogP contribution is -2.33. The molecule has 0 amide bonds. The Labute approximate surface area is 123 Å². The van der Waals surface area contributed by atoms with Gasteiger partial charge in [0.25, 0.3) is 0 Å². The third-order valence-electron chi connectivity index (χ3n) is 3.63. The van der Waals surface area contributed by atoms with Crippen LogP contribution in [-0.2, 0) is 14.2 Å². The molecule has 0 radical (unpaired) electrons. The van der Waals surface area contributed by atoms with Crippen LogP contribution in [0.3, 0.4) is 0 Å². The molecule has 1 aliphatic carbocycles. The monoisotopic (exact) mass is 290 g/mol. The van der Waals surface area contributed by atoms with Gasteiger partial charge in [-0.3, -0.25) is 0 Å². The van der Waals surface area contributed by atoms with Crippen molar-refractivity contribution < 1.29 is 24.1 Å². The molecule has 5 heteroatoms. The molecule has 0 bridgehead atoms. The molecular formula is C16H18O5. The average molecular weight is 290 g/mol. The lowest BCUT2D eigenvalue weighted by atomic mass is 10.1. The fourth-order valence-electron chi connectivity index (χ4n) is 2.73. The van der Waals surface area contributed by atoms with E-state index in [4.69, 9.17) is 14.2 Å². The number of ether oxygens (including phenoxy) is 3. The first-order valence-electron chi connectivity index (χ1n) is 6.93. The van der Waals surface area contributed by atoms with Gasteiger partial charge in [0.1, 0.15) is 18.3 Å². The highest BCUT2D eigenvalue weighted by Crippen LogP contribution is 2.39. The van der Waals surface area contributed by atoms with Crippen LogP contribution in [0.5, 0.6) is 0 Å². The Morgan fingerprint density at radius 1 is 1.29 bits per heavy atom. The fraction of sp³-hybridized carbons (Fsp3) is 0.438. The number of benzene rings is 1. The van der Waals surface area contributed by atoms with Crippen LogP contribution in [0.1, 0.15) is 24.2 Å². The maximum Gasteiger partial charge on any atom is 0.338 e. The highest BCUT2D eigenvalue weighted by atomic mass is 16.8. The number of aliphatic hydroxyl groups is 1. The molecular weight excluding hydrogens is 272 g/mol. The summed E-state index contributed by atoms with van der Waals surface area (Å²) < 4.78 is 17.0. The van der Waals surface area contributed by atoms with Gasteiger partial charge in [0.05, 0.1) is 12.2 Å². The van der Waals surface area contributed by atoms with Crippen LogP contribution in [0.2, 0.25) is 0 Å². The number of carbonyl (C=O) groups excluding carboxylic acids is 1. The van der Waals surface area contributed by atoms with E-state index in [1.54, 1.807) is 44.2 Å². The van der Waals surface area contributed by atoms with Gasteiger partial charge >= 0.3 is 5.97 Å². The van der Waals surface area contributed by atoms with Crippen molar-refractivity contribution in [2.24, 2.45) is 0 Å². The lowest BCUT2D eigenvalue weighted by Gasteiger charge is -2.21. The van der Waals surface area contributed by atoms with Crippen molar-refractivity contribution in [1.82, 2.24) is 0 Å². The van der Waals surface area contributed by atoms with Crippen LogP contribution < -0.4 is 0 Å². The molecule has 3 atom stereocenters. The van der Waals surface area contributed by atoms with Gasteiger partial charge in [-0.25, -0.2) is 4.79 Å². The Bertz CT molecular complexity index is 563. The highest BCUT2D eigenvalue weighted by molar-refractivity contribution is 5.89. The number of rotatable bonds is 3. The molecule has 0 saturated carbocycles. The molecule has 112 valence electrons. The second-order valence-electron chi connectivity index (χ2n) is 5.66. The smallest absolute Gasteiger partial charge is 0.338 e. The van der Waals surface area contributed by atoms with E-state index in [2.05, 4.69) is 0 Å². The summed E-state index contributed by atoms with van der Waals surface area (Å²) in [4.78, 5) is 12.1. The van der Waals surface area contributed by atoms with E-state index < -0.39 is 24.0 Å². The van der Waals surface area contributed by atoms with Crippen molar-refractivity contribution in [3.05, 3.63) is 47.5 Å². The van der Waals surface area contributed by atoms with E-state index in [9.17, 15) is 9.90 Å². The number of aliphatic hydroxyl groups excluding tert-OH is 1. The van der Waals surface area contributed by atoms with Gasteiger partial charge in [0.15, 0.2) is 5.79 Å². The van der Waals surface area contributed by atoms with E-state index in [1.165, 1.54) is 0 Å². The highest BCUT2D eigenvalue weighted by Gasteiger charge is 2.51. The minimum atomic E-state index is -0.749. The maximum atomic E-state index is 12.1. The minimum Gasteiger partial charge on any atom is -0.452 e. The predicted octanol–water partition coefficient (Wildman–Crippen LogP) is 1.66. The Morgan fingerprint density at radius 3 is 2.67 bits per heavy atom. The lowest BCUT2D eigenvalue weighted by molar-refractivity contribution is -0.153. The molecule has 1 aliphatic heterocycles. The Morgan fingerprint density at radius 2 is 2.00 bits per heavy atom. The SMILES string of the molecule is CC1(C)O[C@H]2[C@@H](OC(=O)c3ccccc3)C=C(CO)[C@H]2O1. The predicted molar refractivity (Wildman–Crippen MR) is 74.6 cm³/mol. The summed E-state index contributed by atoms with van der Waals surface area (Å²) in [5.74, 6) is -1.16. The number of hydrogen-bond acceptors (Lipinski definition) is 5. The summed E-state index contributed by atoms with van der Waals surface area (Å²) in [6.07, 6.45) is 0.394. The van der Waals surface area contributed by atoms with Crippen molar-refractivity contribution >= 4 is 5.97 Å². The molecule has 1 aromatic rings. The first kappa shape index (κ1) is 14.3. The molecule has 1 N–H and O–H groups in total. The van der Waals surface area contributed by atoms with E-state index in [0.29, 0.717) is 11.1 Å². The van der Waals surface area contributed by atoms with Crippen LogP contribution in [0.25, 0.3) is 0 Å². The molecule has 0 spiro atoms. The summed E-state index contributed by atoms with van der Waals surface area (Å²) >= 11 is 0. The number of esters is 1. The standard InChI is InChI=1S/C16H18O5/c1-16(2)20-13-11(9-17)8-12(14(13)21-16)19-15(18)10-6-4-3-5-7-10/h3-8,12-14,17H,9H2,1-2H3/t12-,13+,14-/m0/s1. The zero-order valence-electron chi connectivity index (χ0n) is 12.0. The molecule has 3 rings (SSSR count). The summed E-state index contributed by atoms with van der Waals surface area (Å²) in [5.41, 5.74) is 1.18. The second kappa shape index (κ2) is 5.26. The molecule has 1 fully saturated rings. The molecule has 21 heavy (non-hydrogen) atoms. The fourth-order valence-corrected chi connectivity index (χ4v) is 2.73. The zero-order valence-corrected chi connectivity index (χ0v) is 12.0. The van der Waals surface area contributed by atoms with Crippen molar-refractivity contribution in [2.45, 2.75) is 37.9 Å². The van der Waals surface area contributed by atoms with Crippen LogP contribution in [-0.4, -0.2) is 41.8 Å². The van der Waals surface area contributed by atoms with Crippen molar-refractivity contribution in [3.63, 3.8) is 0 Å². The van der Waals surface area contributed by atoms with Gasteiger partial charge in [-0.2, -0.15) is 0 Å². The van der Waals surface area contributed by atoms with Gasteiger partial charge < -0.3 is 19.3 Å². The van der Waals surface area contributed by atoms with Gasteiger partial charge in [0, 0.05) is 0 Å². The maximum absolute atomic E-state index is 12.1. The number of fused-ring (bicyclic) bond motifs is 1. The molecule has 1 aromatic carbocycles. The quantitative estimate of drug-likeness (QED) is 0.677. The van der Waals surface area contributed by atoms with E-state index >= 15 is 0 Å². The second-order valence-corrected chi connectivity index (χ2v) is 5.66. The molecule has 1 saturated heterocycles. The topological polar surface area (TPSA) is 65.0 Å².